The number of carbonyl (C=O) groups is 1. The molecule has 21 heavy (non-hydrogen) atoms. The fraction of sp³-hybridized carbons (Fsp3) is 0.125. The lowest BCUT2D eigenvalue weighted by Gasteiger charge is -2.08. The fourth-order valence-electron chi connectivity index (χ4n) is 1.78. The minimum absolute atomic E-state index is 0.245. The molecule has 1 aromatic heterocycles. The number of aromatic amines is 1. The third-order valence-corrected chi connectivity index (χ3v) is 2.86. The first-order valence-electron chi connectivity index (χ1n) is 6.40. The summed E-state index contributed by atoms with van der Waals surface area (Å²) < 4.78 is 0. The van der Waals surface area contributed by atoms with Crippen molar-refractivity contribution in [2.45, 2.75) is 6.92 Å². The SMILES string of the molecule is Cc1cc(C#CCN)ccc1NC(=O)c1ccc(=O)[nH]c1. The largest absolute Gasteiger partial charge is 0.328 e. The molecule has 2 rings (SSSR count). The standard InChI is InChI=1S/C16H15N3O2/c1-11-9-12(3-2-8-17)4-6-14(11)19-16(21)13-5-7-15(20)18-10-13/h4-7,9-10H,8,17H2,1H3,(H,18,20)(H,19,21). The van der Waals surface area contributed by atoms with Gasteiger partial charge in [0.2, 0.25) is 5.56 Å². The Kier molecular flexibility index (Phi) is 4.54. The van der Waals surface area contributed by atoms with Gasteiger partial charge in [0.15, 0.2) is 0 Å². The van der Waals surface area contributed by atoms with E-state index < -0.39 is 0 Å². The van der Waals surface area contributed by atoms with Crippen LogP contribution < -0.4 is 16.6 Å². The number of H-pyrrole nitrogens is 1. The van der Waals surface area contributed by atoms with Crippen molar-refractivity contribution in [1.82, 2.24) is 4.98 Å². The summed E-state index contributed by atoms with van der Waals surface area (Å²) in [5.41, 5.74) is 7.92. The minimum atomic E-state index is -0.282. The van der Waals surface area contributed by atoms with Crippen molar-refractivity contribution < 1.29 is 4.79 Å². The number of amides is 1. The number of rotatable bonds is 2. The summed E-state index contributed by atoms with van der Waals surface area (Å²) in [4.78, 5) is 25.5. The lowest BCUT2D eigenvalue weighted by atomic mass is 10.1. The molecule has 0 aliphatic heterocycles. The number of pyridine rings is 1. The van der Waals surface area contributed by atoms with Crippen molar-refractivity contribution in [1.29, 1.82) is 0 Å². The predicted molar refractivity (Wildman–Crippen MR) is 82.1 cm³/mol. The molecule has 5 heteroatoms. The second-order valence-electron chi connectivity index (χ2n) is 4.43. The van der Waals surface area contributed by atoms with E-state index in [-0.39, 0.29) is 11.5 Å². The van der Waals surface area contributed by atoms with Crippen LogP contribution >= 0.6 is 0 Å². The molecule has 4 N–H and O–H groups in total. The van der Waals surface area contributed by atoms with Gasteiger partial charge in [0.1, 0.15) is 0 Å². The number of aromatic nitrogens is 1. The summed E-state index contributed by atoms with van der Waals surface area (Å²) in [5.74, 6) is 5.43. The van der Waals surface area contributed by atoms with Crippen molar-refractivity contribution in [3.05, 3.63) is 63.6 Å². The molecule has 0 aliphatic carbocycles. The Morgan fingerprint density at radius 1 is 1.33 bits per heavy atom. The number of hydrogen-bond acceptors (Lipinski definition) is 3. The maximum Gasteiger partial charge on any atom is 0.257 e. The van der Waals surface area contributed by atoms with Gasteiger partial charge in [-0.1, -0.05) is 11.8 Å². The van der Waals surface area contributed by atoms with Gasteiger partial charge >= 0.3 is 0 Å². The van der Waals surface area contributed by atoms with E-state index in [1.54, 1.807) is 6.07 Å². The van der Waals surface area contributed by atoms with Gasteiger partial charge < -0.3 is 16.0 Å². The predicted octanol–water partition coefficient (Wildman–Crippen LogP) is 1.25. The first-order chi connectivity index (χ1) is 10.1. The van der Waals surface area contributed by atoms with Crippen molar-refractivity contribution in [2.24, 2.45) is 5.73 Å². The van der Waals surface area contributed by atoms with Crippen LogP contribution in [0, 0.1) is 18.8 Å². The number of hydrogen-bond donors (Lipinski definition) is 3. The van der Waals surface area contributed by atoms with Gasteiger partial charge in [-0.3, -0.25) is 9.59 Å². The lowest BCUT2D eigenvalue weighted by molar-refractivity contribution is 0.102. The highest BCUT2D eigenvalue weighted by molar-refractivity contribution is 6.04. The zero-order valence-electron chi connectivity index (χ0n) is 11.6. The van der Waals surface area contributed by atoms with Crippen LogP contribution in [0.4, 0.5) is 5.69 Å². The molecule has 0 bridgehead atoms. The summed E-state index contributed by atoms with van der Waals surface area (Å²) in [6, 6.07) is 8.28. The molecule has 0 unspecified atom stereocenters. The van der Waals surface area contributed by atoms with Crippen LogP contribution in [0.2, 0.25) is 0 Å². The zero-order valence-corrected chi connectivity index (χ0v) is 11.6. The van der Waals surface area contributed by atoms with Crippen LogP contribution in [0.1, 0.15) is 21.5 Å². The van der Waals surface area contributed by atoms with E-state index >= 15 is 0 Å². The molecule has 0 fully saturated rings. The lowest BCUT2D eigenvalue weighted by Crippen LogP contribution is -2.15. The third kappa shape index (κ3) is 3.81. The Morgan fingerprint density at radius 2 is 2.14 bits per heavy atom. The number of aryl methyl sites for hydroxylation is 1. The van der Waals surface area contributed by atoms with Crippen LogP contribution in [-0.2, 0) is 0 Å². The molecule has 1 amide bonds. The Labute approximate surface area is 122 Å². The first-order valence-corrected chi connectivity index (χ1v) is 6.40. The normalized spacial score (nSPS) is 9.62. The van der Waals surface area contributed by atoms with Gasteiger partial charge in [-0.05, 0) is 36.8 Å². The second-order valence-corrected chi connectivity index (χ2v) is 4.43. The summed E-state index contributed by atoms with van der Waals surface area (Å²) in [7, 11) is 0. The molecule has 0 saturated carbocycles. The molecule has 1 aromatic carbocycles. The number of anilines is 1. The van der Waals surface area contributed by atoms with Gasteiger partial charge in [-0.25, -0.2) is 0 Å². The fourth-order valence-corrected chi connectivity index (χ4v) is 1.78. The van der Waals surface area contributed by atoms with Crippen LogP contribution in [0.3, 0.4) is 0 Å². The summed E-state index contributed by atoms with van der Waals surface area (Å²) in [5, 5.41) is 2.80. The van der Waals surface area contributed by atoms with Gasteiger partial charge in [0, 0.05) is 23.5 Å². The van der Waals surface area contributed by atoms with Crippen LogP contribution in [0.5, 0.6) is 0 Å². The van der Waals surface area contributed by atoms with Gasteiger partial charge in [0.25, 0.3) is 5.91 Å². The number of nitrogens with one attached hydrogen (secondary N) is 2. The molecule has 0 radical (unpaired) electrons. The summed E-state index contributed by atoms with van der Waals surface area (Å²) >= 11 is 0. The van der Waals surface area contributed by atoms with E-state index in [0.717, 1.165) is 11.1 Å². The second kappa shape index (κ2) is 6.55. The Balaban J connectivity index is 2.17. The van der Waals surface area contributed by atoms with Gasteiger partial charge in [-0.2, -0.15) is 0 Å². The highest BCUT2D eigenvalue weighted by atomic mass is 16.1. The highest BCUT2D eigenvalue weighted by Gasteiger charge is 2.07. The Hall–Kier alpha value is -2.84. The number of nitrogens with two attached hydrogens (primary N) is 1. The van der Waals surface area contributed by atoms with Crippen LogP contribution in [-0.4, -0.2) is 17.4 Å². The highest BCUT2D eigenvalue weighted by Crippen LogP contribution is 2.17. The van der Waals surface area contributed by atoms with E-state index in [1.165, 1.54) is 18.3 Å². The molecule has 0 atom stereocenters. The van der Waals surface area contributed by atoms with Crippen molar-refractivity contribution in [3.63, 3.8) is 0 Å². The maximum absolute atomic E-state index is 12.1. The van der Waals surface area contributed by atoms with E-state index in [1.807, 2.05) is 19.1 Å². The molecule has 0 saturated heterocycles. The summed E-state index contributed by atoms with van der Waals surface area (Å²) in [6.45, 7) is 2.19. The van der Waals surface area contributed by atoms with Gasteiger partial charge in [-0.15, -0.1) is 0 Å². The average Bonchev–Trinajstić information content (AvgIpc) is 2.48. The average molecular weight is 281 g/mol. The molecule has 5 nitrogen and oxygen atoms in total. The third-order valence-electron chi connectivity index (χ3n) is 2.86. The molecule has 0 spiro atoms. The van der Waals surface area contributed by atoms with Crippen molar-refractivity contribution in [3.8, 4) is 11.8 Å². The molecule has 106 valence electrons. The van der Waals surface area contributed by atoms with Gasteiger partial charge in [0.05, 0.1) is 12.1 Å². The summed E-state index contributed by atoms with van der Waals surface area (Å²) in [6.07, 6.45) is 1.38. The van der Waals surface area contributed by atoms with Crippen LogP contribution in [0.25, 0.3) is 0 Å². The van der Waals surface area contributed by atoms with E-state index in [4.69, 9.17) is 5.73 Å². The number of benzene rings is 1. The van der Waals surface area contributed by atoms with Crippen molar-refractivity contribution >= 4 is 11.6 Å². The monoisotopic (exact) mass is 281 g/mol. The molecular weight excluding hydrogens is 266 g/mol. The smallest absolute Gasteiger partial charge is 0.257 e. The van der Waals surface area contributed by atoms with Crippen molar-refractivity contribution in [2.75, 3.05) is 11.9 Å². The van der Waals surface area contributed by atoms with E-state index in [0.29, 0.717) is 17.8 Å². The minimum Gasteiger partial charge on any atom is -0.328 e. The first kappa shape index (κ1) is 14.6. The van der Waals surface area contributed by atoms with Crippen LogP contribution in [0.15, 0.2) is 41.3 Å². The molecule has 0 aliphatic rings. The quantitative estimate of drug-likeness (QED) is 0.724. The molecule has 1 heterocycles. The van der Waals surface area contributed by atoms with E-state index in [9.17, 15) is 9.59 Å². The van der Waals surface area contributed by atoms with E-state index in [2.05, 4.69) is 22.1 Å². The molecular formula is C16H15N3O2. The Morgan fingerprint density at radius 3 is 2.76 bits per heavy atom. The number of carbonyl (C=O) groups excluding carboxylic acids is 1. The Bertz CT molecular complexity index is 762. The zero-order chi connectivity index (χ0) is 15.2. The topological polar surface area (TPSA) is 88.0 Å². The molecule has 2 aromatic rings. The maximum atomic E-state index is 12.1.